The topological polar surface area (TPSA) is 116 Å². The average molecular weight is 508 g/mol. The lowest BCUT2D eigenvalue weighted by atomic mass is 9.97. The molecule has 0 radical (unpaired) electrons. The number of hydrogen-bond acceptors (Lipinski definition) is 7. The van der Waals surface area contributed by atoms with Crippen molar-refractivity contribution >= 4 is 27.6 Å². The van der Waals surface area contributed by atoms with Gasteiger partial charge in [0.15, 0.2) is 0 Å². The van der Waals surface area contributed by atoms with Crippen molar-refractivity contribution in [3.63, 3.8) is 0 Å². The third-order valence-corrected chi connectivity index (χ3v) is 8.51. The van der Waals surface area contributed by atoms with Gasteiger partial charge in [0.1, 0.15) is 22.0 Å². The molecule has 2 heterocycles. The van der Waals surface area contributed by atoms with Gasteiger partial charge in [-0.15, -0.1) is 0 Å². The van der Waals surface area contributed by atoms with Crippen molar-refractivity contribution < 1.29 is 32.2 Å². The zero-order valence-electron chi connectivity index (χ0n) is 21.0. The van der Waals surface area contributed by atoms with E-state index in [2.05, 4.69) is 5.32 Å². The monoisotopic (exact) mass is 507 g/mol. The summed E-state index contributed by atoms with van der Waals surface area (Å²) in [5, 5.41) is 2.87. The van der Waals surface area contributed by atoms with E-state index in [0.717, 1.165) is 0 Å². The number of nitrogens with zero attached hydrogens (tertiary/aromatic N) is 2. The lowest BCUT2D eigenvalue weighted by molar-refractivity contribution is -0.120. The fraction of sp³-hybridized carbons (Fsp3) is 0.500. The van der Waals surface area contributed by atoms with Gasteiger partial charge in [-0.05, 0) is 33.6 Å². The second kappa shape index (κ2) is 10.7. The largest absolute Gasteiger partial charge is 0.497 e. The maximum Gasteiger partial charge on any atom is 0.341 e. The molecule has 0 spiro atoms. The highest BCUT2D eigenvalue weighted by Crippen LogP contribution is 2.32. The Bertz CT molecular complexity index is 1190. The summed E-state index contributed by atoms with van der Waals surface area (Å²) in [6.07, 6.45) is 0.706. The van der Waals surface area contributed by atoms with E-state index in [-0.39, 0.29) is 42.0 Å². The van der Waals surface area contributed by atoms with Gasteiger partial charge in [-0.2, -0.15) is 4.31 Å². The predicted octanol–water partition coefficient (Wildman–Crippen LogP) is 2.88. The van der Waals surface area contributed by atoms with Crippen LogP contribution in [0.5, 0.6) is 11.5 Å². The molecular weight excluding hydrogens is 474 g/mol. The van der Waals surface area contributed by atoms with Crippen LogP contribution in [0.2, 0.25) is 0 Å². The minimum atomic E-state index is -3.97. The van der Waals surface area contributed by atoms with Gasteiger partial charge in [-0.25, -0.2) is 13.2 Å². The molecule has 3 rings (SSSR count). The van der Waals surface area contributed by atoms with Gasteiger partial charge in [-0.1, -0.05) is 0 Å². The van der Waals surface area contributed by atoms with Crippen LogP contribution in [0.4, 0.5) is 5.69 Å². The quantitative estimate of drug-likeness (QED) is 0.546. The first-order valence-corrected chi connectivity index (χ1v) is 12.9. The van der Waals surface area contributed by atoms with Gasteiger partial charge in [0.05, 0.1) is 20.8 Å². The van der Waals surface area contributed by atoms with Crippen LogP contribution in [0, 0.1) is 19.8 Å². The SMILES string of the molecule is CCOC(=O)c1c(S(=O)(=O)N2CCC(C(=O)Nc3cc(OC)cc(OC)c3)CC2)c(C)n(C)c1C. The lowest BCUT2D eigenvalue weighted by Gasteiger charge is -2.30. The zero-order valence-corrected chi connectivity index (χ0v) is 21.8. The molecule has 1 aromatic carbocycles. The Balaban J connectivity index is 1.76. The van der Waals surface area contributed by atoms with E-state index in [1.54, 1.807) is 50.6 Å². The lowest BCUT2D eigenvalue weighted by Crippen LogP contribution is -2.41. The Kier molecular flexibility index (Phi) is 8.11. The highest BCUT2D eigenvalue weighted by Gasteiger charge is 2.38. The minimum absolute atomic E-state index is 0.0256. The number of piperidine rings is 1. The van der Waals surface area contributed by atoms with E-state index in [1.807, 2.05) is 0 Å². The van der Waals surface area contributed by atoms with Gasteiger partial charge in [0.2, 0.25) is 15.9 Å². The summed E-state index contributed by atoms with van der Waals surface area (Å²) in [6, 6.07) is 5.09. The van der Waals surface area contributed by atoms with E-state index >= 15 is 0 Å². The van der Waals surface area contributed by atoms with Crippen LogP contribution in [-0.4, -0.2) is 63.1 Å². The number of benzene rings is 1. The smallest absolute Gasteiger partial charge is 0.341 e. The number of rotatable bonds is 8. The maximum absolute atomic E-state index is 13.6. The molecular formula is C24H33N3O7S. The molecule has 0 saturated carbocycles. The van der Waals surface area contributed by atoms with Crippen molar-refractivity contribution in [3.8, 4) is 11.5 Å². The molecule has 192 valence electrons. The zero-order chi connectivity index (χ0) is 25.9. The number of aromatic nitrogens is 1. The molecule has 0 bridgehead atoms. The molecule has 1 fully saturated rings. The summed E-state index contributed by atoms with van der Waals surface area (Å²) in [4.78, 5) is 25.5. The van der Waals surface area contributed by atoms with Gasteiger partial charge >= 0.3 is 5.97 Å². The first-order valence-electron chi connectivity index (χ1n) is 11.4. The summed E-state index contributed by atoms with van der Waals surface area (Å²) >= 11 is 0. The van der Waals surface area contributed by atoms with Crippen LogP contribution < -0.4 is 14.8 Å². The van der Waals surface area contributed by atoms with Gasteiger partial charge < -0.3 is 24.1 Å². The fourth-order valence-corrected chi connectivity index (χ4v) is 6.24. The number of anilines is 1. The van der Waals surface area contributed by atoms with E-state index in [9.17, 15) is 18.0 Å². The maximum atomic E-state index is 13.6. The first-order chi connectivity index (χ1) is 16.5. The molecule has 0 atom stereocenters. The number of ether oxygens (including phenoxy) is 3. The second-order valence-electron chi connectivity index (χ2n) is 8.42. The molecule has 1 aliphatic heterocycles. The molecule has 1 aromatic heterocycles. The Morgan fingerprint density at radius 3 is 2.11 bits per heavy atom. The van der Waals surface area contributed by atoms with Crippen LogP contribution in [0.15, 0.2) is 23.1 Å². The fourth-order valence-electron chi connectivity index (χ4n) is 4.29. The van der Waals surface area contributed by atoms with Crippen molar-refractivity contribution in [2.24, 2.45) is 13.0 Å². The van der Waals surface area contributed by atoms with E-state index in [4.69, 9.17) is 14.2 Å². The highest BCUT2D eigenvalue weighted by atomic mass is 32.2. The number of esters is 1. The Morgan fingerprint density at radius 2 is 1.60 bits per heavy atom. The summed E-state index contributed by atoms with van der Waals surface area (Å²) in [5.74, 6) is -0.119. The van der Waals surface area contributed by atoms with Crippen LogP contribution in [0.1, 0.15) is 41.5 Å². The van der Waals surface area contributed by atoms with Crippen molar-refractivity contribution in [2.75, 3.05) is 39.2 Å². The minimum Gasteiger partial charge on any atom is -0.497 e. The number of hydrogen-bond donors (Lipinski definition) is 1. The molecule has 1 saturated heterocycles. The van der Waals surface area contributed by atoms with E-state index in [1.165, 1.54) is 18.5 Å². The third kappa shape index (κ3) is 5.30. The summed E-state index contributed by atoms with van der Waals surface area (Å²) in [7, 11) is 0.807. The summed E-state index contributed by atoms with van der Waals surface area (Å²) < 4.78 is 45.8. The number of sulfonamides is 1. The molecule has 0 unspecified atom stereocenters. The molecule has 2 aromatic rings. The van der Waals surface area contributed by atoms with Crippen LogP contribution in [-0.2, 0) is 26.6 Å². The van der Waals surface area contributed by atoms with Crippen LogP contribution >= 0.6 is 0 Å². The summed E-state index contributed by atoms with van der Waals surface area (Å²) in [6.45, 7) is 5.52. The van der Waals surface area contributed by atoms with E-state index in [0.29, 0.717) is 41.4 Å². The van der Waals surface area contributed by atoms with Crippen LogP contribution in [0.3, 0.4) is 0 Å². The molecule has 35 heavy (non-hydrogen) atoms. The third-order valence-electron chi connectivity index (χ3n) is 6.44. The number of carbonyl (C=O) groups is 2. The molecule has 1 aliphatic rings. The Hall–Kier alpha value is -3.05. The van der Waals surface area contributed by atoms with Gasteiger partial charge in [0.25, 0.3) is 0 Å². The molecule has 0 aliphatic carbocycles. The molecule has 1 amide bonds. The highest BCUT2D eigenvalue weighted by molar-refractivity contribution is 7.89. The van der Waals surface area contributed by atoms with E-state index < -0.39 is 16.0 Å². The second-order valence-corrected chi connectivity index (χ2v) is 10.3. The number of methoxy groups -OCH3 is 2. The standard InChI is InChI=1S/C24H33N3O7S/c1-7-34-24(29)21-15(2)26(4)16(3)22(21)35(30,31)27-10-8-17(9-11-27)23(28)25-18-12-19(32-5)14-20(13-18)33-6/h12-14,17H,7-11H2,1-6H3,(H,25,28). The average Bonchev–Trinajstić information content (AvgIpc) is 3.08. The molecule has 1 N–H and O–H groups in total. The first kappa shape index (κ1) is 26.6. The molecule has 10 nitrogen and oxygen atoms in total. The van der Waals surface area contributed by atoms with Crippen LogP contribution in [0.25, 0.3) is 0 Å². The van der Waals surface area contributed by atoms with Crippen molar-refractivity contribution in [1.82, 2.24) is 8.87 Å². The number of amides is 1. The van der Waals surface area contributed by atoms with Crippen molar-refractivity contribution in [1.29, 1.82) is 0 Å². The normalized spacial score (nSPS) is 15.0. The van der Waals surface area contributed by atoms with Gasteiger partial charge in [0, 0.05) is 61.3 Å². The van der Waals surface area contributed by atoms with Crippen molar-refractivity contribution in [2.45, 2.75) is 38.5 Å². The van der Waals surface area contributed by atoms with Crippen molar-refractivity contribution in [3.05, 3.63) is 35.2 Å². The Labute approximate surface area is 206 Å². The summed E-state index contributed by atoms with van der Waals surface area (Å²) in [5.41, 5.74) is 1.61. The number of nitrogens with one attached hydrogen (secondary N) is 1. The molecule has 11 heteroatoms. The number of carbonyl (C=O) groups excluding carboxylic acids is 2. The van der Waals surface area contributed by atoms with Gasteiger partial charge in [-0.3, -0.25) is 4.79 Å². The Morgan fingerprint density at radius 1 is 1.03 bits per heavy atom. The predicted molar refractivity (Wildman–Crippen MR) is 131 cm³/mol.